The van der Waals surface area contributed by atoms with Gasteiger partial charge in [0.1, 0.15) is 6.26 Å². The summed E-state index contributed by atoms with van der Waals surface area (Å²) in [6.07, 6.45) is 4.11. The van der Waals surface area contributed by atoms with Gasteiger partial charge in [0.25, 0.3) is 0 Å². The van der Waals surface area contributed by atoms with Crippen LogP contribution in [0.1, 0.15) is 18.5 Å². The largest absolute Gasteiger partial charge is 0.444 e. The summed E-state index contributed by atoms with van der Waals surface area (Å²) in [6.45, 7) is 2.77. The number of halogens is 2. The Morgan fingerprint density at radius 3 is 2.88 bits per heavy atom. The maximum Gasteiger partial charge on any atom is 0.226 e. The van der Waals surface area contributed by atoms with E-state index in [1.807, 2.05) is 12.1 Å². The molecule has 1 atom stereocenters. The summed E-state index contributed by atoms with van der Waals surface area (Å²) in [5, 5.41) is 6.99. The highest BCUT2D eigenvalue weighted by molar-refractivity contribution is 6.30. The van der Waals surface area contributed by atoms with Gasteiger partial charge in [-0.1, -0.05) is 11.6 Å². The molecule has 1 amide bonds. The van der Waals surface area contributed by atoms with E-state index < -0.39 is 0 Å². The average Bonchev–Trinajstić information content (AvgIpc) is 3.03. The smallest absolute Gasteiger partial charge is 0.226 e. The van der Waals surface area contributed by atoms with E-state index in [1.54, 1.807) is 12.1 Å². The zero-order chi connectivity index (χ0) is 16.1. The second kappa shape index (κ2) is 9.06. The number of aromatic nitrogens is 1. The van der Waals surface area contributed by atoms with E-state index in [1.165, 1.54) is 12.7 Å². The van der Waals surface area contributed by atoms with Crippen LogP contribution in [-0.4, -0.2) is 30.5 Å². The highest BCUT2D eigenvalue weighted by Gasteiger charge is 2.15. The zero-order valence-corrected chi connectivity index (χ0v) is 14.8. The van der Waals surface area contributed by atoms with Crippen molar-refractivity contribution in [3.63, 3.8) is 0 Å². The van der Waals surface area contributed by atoms with Gasteiger partial charge in [-0.25, -0.2) is 4.98 Å². The highest BCUT2D eigenvalue weighted by atomic mass is 35.5. The van der Waals surface area contributed by atoms with Crippen molar-refractivity contribution in [1.29, 1.82) is 0 Å². The third-order valence-corrected chi connectivity index (χ3v) is 4.22. The molecule has 1 aromatic heterocycles. The summed E-state index contributed by atoms with van der Waals surface area (Å²) < 4.78 is 5.44. The van der Waals surface area contributed by atoms with Gasteiger partial charge in [-0.2, -0.15) is 0 Å². The predicted octanol–water partition coefficient (Wildman–Crippen LogP) is 3.08. The van der Waals surface area contributed by atoms with Gasteiger partial charge < -0.3 is 15.1 Å². The molecule has 7 heteroatoms. The van der Waals surface area contributed by atoms with Crippen molar-refractivity contribution in [3.05, 3.63) is 41.2 Å². The van der Waals surface area contributed by atoms with Crippen molar-refractivity contribution in [2.75, 3.05) is 19.6 Å². The van der Waals surface area contributed by atoms with Crippen LogP contribution in [0.4, 0.5) is 0 Å². The summed E-state index contributed by atoms with van der Waals surface area (Å²) in [5.74, 6) is 1.00. The van der Waals surface area contributed by atoms with Gasteiger partial charge in [-0.3, -0.25) is 4.79 Å². The number of piperidine rings is 1. The fourth-order valence-electron chi connectivity index (χ4n) is 2.70. The normalized spacial score (nSPS) is 17.1. The fraction of sp³-hybridized carbons (Fsp3) is 0.412. The Kier molecular flexibility index (Phi) is 7.09. The molecule has 1 fully saturated rings. The molecule has 0 aliphatic carbocycles. The number of nitrogens with zero attached hydrogens (tertiary/aromatic N) is 1. The Hall–Kier alpha value is -1.56. The number of rotatable bonds is 5. The first-order chi connectivity index (χ1) is 11.2. The Morgan fingerprint density at radius 2 is 2.17 bits per heavy atom. The number of hydrogen-bond donors (Lipinski definition) is 2. The topological polar surface area (TPSA) is 67.2 Å². The minimum Gasteiger partial charge on any atom is -0.444 e. The molecule has 2 heterocycles. The molecule has 24 heavy (non-hydrogen) atoms. The summed E-state index contributed by atoms with van der Waals surface area (Å²) in [4.78, 5) is 16.4. The number of nitrogens with one attached hydrogen (secondary N) is 2. The summed E-state index contributed by atoms with van der Waals surface area (Å²) >= 11 is 5.86. The number of carbonyl (C=O) groups is 1. The molecular weight excluding hydrogens is 349 g/mol. The second-order valence-electron chi connectivity index (χ2n) is 5.84. The Labute approximate surface area is 152 Å². The quantitative estimate of drug-likeness (QED) is 0.849. The number of amides is 1. The van der Waals surface area contributed by atoms with Gasteiger partial charge in [-0.05, 0) is 56.1 Å². The molecule has 2 aromatic rings. The lowest BCUT2D eigenvalue weighted by Crippen LogP contribution is -2.38. The van der Waals surface area contributed by atoms with Crippen LogP contribution in [0.25, 0.3) is 11.5 Å². The summed E-state index contributed by atoms with van der Waals surface area (Å²) in [7, 11) is 0. The van der Waals surface area contributed by atoms with E-state index in [0.717, 1.165) is 25.1 Å². The monoisotopic (exact) mass is 369 g/mol. The SMILES string of the molecule is Cl.O=C(Cc1coc(-c2ccc(Cl)cc2)n1)NCC1CCCNC1. The molecule has 1 aliphatic heterocycles. The van der Waals surface area contributed by atoms with Crippen molar-refractivity contribution in [2.24, 2.45) is 5.92 Å². The van der Waals surface area contributed by atoms with Crippen LogP contribution in [0.5, 0.6) is 0 Å². The number of oxazole rings is 1. The lowest BCUT2D eigenvalue weighted by Gasteiger charge is -2.22. The van der Waals surface area contributed by atoms with E-state index in [2.05, 4.69) is 15.6 Å². The minimum absolute atomic E-state index is 0. The Balaban J connectivity index is 0.00000208. The van der Waals surface area contributed by atoms with E-state index in [0.29, 0.717) is 29.1 Å². The molecule has 1 aromatic carbocycles. The molecule has 0 radical (unpaired) electrons. The van der Waals surface area contributed by atoms with E-state index in [9.17, 15) is 4.79 Å². The van der Waals surface area contributed by atoms with Gasteiger partial charge in [-0.15, -0.1) is 12.4 Å². The molecule has 1 aliphatic rings. The van der Waals surface area contributed by atoms with Gasteiger partial charge in [0.05, 0.1) is 12.1 Å². The lowest BCUT2D eigenvalue weighted by molar-refractivity contribution is -0.120. The number of benzene rings is 1. The molecule has 0 spiro atoms. The van der Waals surface area contributed by atoms with Crippen molar-refractivity contribution in [3.8, 4) is 11.5 Å². The molecule has 0 saturated carbocycles. The molecular formula is C17H21Cl2N3O2. The van der Waals surface area contributed by atoms with Crippen LogP contribution in [0.2, 0.25) is 5.02 Å². The van der Waals surface area contributed by atoms with Gasteiger partial charge >= 0.3 is 0 Å². The molecule has 1 saturated heterocycles. The third-order valence-electron chi connectivity index (χ3n) is 3.97. The van der Waals surface area contributed by atoms with Gasteiger partial charge in [0.2, 0.25) is 11.8 Å². The van der Waals surface area contributed by atoms with Crippen LogP contribution >= 0.6 is 24.0 Å². The maximum absolute atomic E-state index is 12.0. The number of carbonyl (C=O) groups excluding carboxylic acids is 1. The van der Waals surface area contributed by atoms with Crippen LogP contribution in [0.3, 0.4) is 0 Å². The van der Waals surface area contributed by atoms with Crippen LogP contribution in [-0.2, 0) is 11.2 Å². The summed E-state index contributed by atoms with van der Waals surface area (Å²) in [6, 6.07) is 7.25. The summed E-state index contributed by atoms with van der Waals surface area (Å²) in [5.41, 5.74) is 1.48. The predicted molar refractivity (Wildman–Crippen MR) is 96.5 cm³/mol. The molecule has 0 bridgehead atoms. The highest BCUT2D eigenvalue weighted by Crippen LogP contribution is 2.21. The lowest BCUT2D eigenvalue weighted by atomic mass is 10.00. The van der Waals surface area contributed by atoms with E-state index >= 15 is 0 Å². The molecule has 130 valence electrons. The van der Waals surface area contributed by atoms with E-state index in [4.69, 9.17) is 16.0 Å². The average molecular weight is 370 g/mol. The Bertz CT molecular complexity index is 652. The third kappa shape index (κ3) is 5.23. The van der Waals surface area contributed by atoms with Crippen molar-refractivity contribution < 1.29 is 9.21 Å². The maximum atomic E-state index is 12.0. The second-order valence-corrected chi connectivity index (χ2v) is 6.28. The molecule has 5 nitrogen and oxygen atoms in total. The van der Waals surface area contributed by atoms with Gasteiger partial charge in [0.15, 0.2) is 0 Å². The van der Waals surface area contributed by atoms with Gasteiger partial charge in [0, 0.05) is 17.1 Å². The van der Waals surface area contributed by atoms with Crippen LogP contribution < -0.4 is 10.6 Å². The van der Waals surface area contributed by atoms with Crippen molar-refractivity contribution in [2.45, 2.75) is 19.3 Å². The fourth-order valence-corrected chi connectivity index (χ4v) is 2.82. The first-order valence-corrected chi connectivity index (χ1v) is 8.26. The van der Waals surface area contributed by atoms with Crippen LogP contribution in [0.15, 0.2) is 34.9 Å². The molecule has 1 unspecified atom stereocenters. The molecule has 2 N–H and O–H groups in total. The first-order valence-electron chi connectivity index (χ1n) is 7.88. The van der Waals surface area contributed by atoms with Crippen molar-refractivity contribution >= 4 is 29.9 Å². The zero-order valence-electron chi connectivity index (χ0n) is 13.3. The molecule has 3 rings (SSSR count). The number of hydrogen-bond acceptors (Lipinski definition) is 4. The van der Waals surface area contributed by atoms with E-state index in [-0.39, 0.29) is 24.7 Å². The van der Waals surface area contributed by atoms with Crippen molar-refractivity contribution in [1.82, 2.24) is 15.6 Å². The van der Waals surface area contributed by atoms with Crippen LogP contribution in [0, 0.1) is 5.92 Å². The Morgan fingerprint density at radius 1 is 1.38 bits per heavy atom. The minimum atomic E-state index is -0.0217. The standard InChI is InChI=1S/C17H20ClN3O2.ClH/c18-14-5-3-13(4-6-14)17-21-15(11-23-17)8-16(22)20-10-12-2-1-7-19-9-12;/h3-6,11-12,19H,1-2,7-10H2,(H,20,22);1H. The first kappa shape index (κ1) is 18.8.